The highest BCUT2D eigenvalue weighted by molar-refractivity contribution is 7.89. The van der Waals surface area contributed by atoms with Crippen molar-refractivity contribution in [3.63, 3.8) is 0 Å². The van der Waals surface area contributed by atoms with Crippen molar-refractivity contribution in [1.82, 2.24) is 9.21 Å². The van der Waals surface area contributed by atoms with E-state index in [2.05, 4.69) is 4.90 Å². The van der Waals surface area contributed by atoms with E-state index in [9.17, 15) is 17.6 Å². The monoisotopic (exact) mass is 425 g/mol. The number of nitrogens with zero attached hydrogens (tertiary/aromatic N) is 3. The molecule has 2 aromatic carbocycles. The molecule has 1 heterocycles. The minimum absolute atomic E-state index is 0.0233. The predicted molar refractivity (Wildman–Crippen MR) is 107 cm³/mol. The maximum Gasteiger partial charge on any atom is 0.255 e. The van der Waals surface area contributed by atoms with E-state index in [1.165, 1.54) is 44.4 Å². The molecule has 1 amide bonds. The lowest BCUT2D eigenvalue weighted by Crippen LogP contribution is -2.48. The summed E-state index contributed by atoms with van der Waals surface area (Å²) in [5, 5.41) is 0.212. The Hall–Kier alpha value is -2.16. The number of sulfonamides is 1. The number of rotatable bonds is 4. The van der Waals surface area contributed by atoms with Crippen LogP contribution < -0.4 is 4.90 Å². The van der Waals surface area contributed by atoms with Gasteiger partial charge in [0, 0.05) is 46.0 Å². The highest BCUT2D eigenvalue weighted by Gasteiger charge is 2.26. The molecule has 1 fully saturated rings. The van der Waals surface area contributed by atoms with E-state index in [1.54, 1.807) is 17.0 Å². The minimum atomic E-state index is -3.66. The van der Waals surface area contributed by atoms with E-state index in [-0.39, 0.29) is 27.2 Å². The van der Waals surface area contributed by atoms with Gasteiger partial charge in [0.1, 0.15) is 5.82 Å². The van der Waals surface area contributed by atoms with Gasteiger partial charge in [0.25, 0.3) is 5.91 Å². The molecule has 1 saturated heterocycles. The van der Waals surface area contributed by atoms with Crippen molar-refractivity contribution in [3.8, 4) is 0 Å². The first-order valence-electron chi connectivity index (χ1n) is 8.72. The molecule has 1 aliphatic heterocycles. The van der Waals surface area contributed by atoms with E-state index in [0.29, 0.717) is 26.2 Å². The fourth-order valence-electron chi connectivity index (χ4n) is 3.03. The van der Waals surface area contributed by atoms with E-state index in [4.69, 9.17) is 11.6 Å². The Bertz CT molecular complexity index is 972. The lowest BCUT2D eigenvalue weighted by atomic mass is 10.1. The van der Waals surface area contributed by atoms with Crippen molar-refractivity contribution in [2.75, 3.05) is 45.2 Å². The van der Waals surface area contributed by atoms with Gasteiger partial charge < -0.3 is 9.80 Å². The van der Waals surface area contributed by atoms with Crippen molar-refractivity contribution in [2.45, 2.75) is 4.90 Å². The standard InChI is InChI=1S/C19H21ClFN3O3S/c1-22(2)28(26,27)16-7-8-18(20)17(13-16)19(25)24-11-9-23(10-12-24)15-5-3-14(21)4-6-15/h3-8,13H,9-12H2,1-2H3. The zero-order valence-electron chi connectivity index (χ0n) is 15.6. The van der Waals surface area contributed by atoms with E-state index >= 15 is 0 Å². The molecule has 2 aromatic rings. The Kier molecular flexibility index (Phi) is 5.92. The maximum absolute atomic E-state index is 13.1. The number of anilines is 1. The van der Waals surface area contributed by atoms with Crippen LogP contribution in [0.5, 0.6) is 0 Å². The topological polar surface area (TPSA) is 60.9 Å². The largest absolute Gasteiger partial charge is 0.368 e. The van der Waals surface area contributed by atoms with Crippen LogP contribution >= 0.6 is 11.6 Å². The molecule has 0 atom stereocenters. The molecule has 3 rings (SSSR count). The molecule has 9 heteroatoms. The number of carbonyl (C=O) groups is 1. The van der Waals surface area contributed by atoms with Crippen LogP contribution in [0.25, 0.3) is 0 Å². The number of hydrogen-bond donors (Lipinski definition) is 0. The molecular formula is C19H21ClFN3O3S. The average molecular weight is 426 g/mol. The van der Waals surface area contributed by atoms with Crippen molar-refractivity contribution < 1.29 is 17.6 Å². The van der Waals surface area contributed by atoms with Crippen LogP contribution in [-0.4, -0.2) is 63.8 Å². The zero-order chi connectivity index (χ0) is 20.5. The van der Waals surface area contributed by atoms with Gasteiger partial charge in [-0.15, -0.1) is 0 Å². The Morgan fingerprint density at radius 1 is 1.04 bits per heavy atom. The molecule has 1 aliphatic rings. The summed E-state index contributed by atoms with van der Waals surface area (Å²) in [4.78, 5) is 16.7. The molecule has 150 valence electrons. The predicted octanol–water partition coefficient (Wildman–Crippen LogP) is 2.69. The fraction of sp³-hybridized carbons (Fsp3) is 0.316. The number of benzene rings is 2. The maximum atomic E-state index is 13.1. The normalized spacial score (nSPS) is 15.2. The summed E-state index contributed by atoms with van der Waals surface area (Å²) >= 11 is 6.18. The van der Waals surface area contributed by atoms with Gasteiger partial charge in [-0.25, -0.2) is 17.1 Å². The molecule has 0 aliphatic carbocycles. The van der Waals surface area contributed by atoms with Crippen LogP contribution in [0.2, 0.25) is 5.02 Å². The first-order chi connectivity index (χ1) is 13.2. The summed E-state index contributed by atoms with van der Waals surface area (Å²) in [6, 6.07) is 10.4. The summed E-state index contributed by atoms with van der Waals surface area (Å²) in [7, 11) is -0.802. The van der Waals surface area contributed by atoms with Crippen molar-refractivity contribution in [3.05, 3.63) is 58.9 Å². The highest BCUT2D eigenvalue weighted by atomic mass is 35.5. The summed E-state index contributed by atoms with van der Waals surface area (Å²) in [5.41, 5.74) is 1.06. The van der Waals surface area contributed by atoms with E-state index in [1.807, 2.05) is 0 Å². The van der Waals surface area contributed by atoms with Crippen molar-refractivity contribution in [2.24, 2.45) is 0 Å². The molecule has 0 saturated carbocycles. The second kappa shape index (κ2) is 8.06. The van der Waals surface area contributed by atoms with Gasteiger partial charge in [0.05, 0.1) is 15.5 Å². The Morgan fingerprint density at radius 3 is 2.21 bits per heavy atom. The second-order valence-electron chi connectivity index (χ2n) is 6.68. The van der Waals surface area contributed by atoms with Crippen LogP contribution in [-0.2, 0) is 10.0 Å². The van der Waals surface area contributed by atoms with Gasteiger partial charge in [-0.3, -0.25) is 4.79 Å². The van der Waals surface area contributed by atoms with Gasteiger partial charge in [0.2, 0.25) is 10.0 Å². The second-order valence-corrected chi connectivity index (χ2v) is 9.24. The van der Waals surface area contributed by atoms with Gasteiger partial charge >= 0.3 is 0 Å². The number of amides is 1. The highest BCUT2D eigenvalue weighted by Crippen LogP contribution is 2.24. The van der Waals surface area contributed by atoms with Crippen molar-refractivity contribution in [1.29, 1.82) is 0 Å². The third-order valence-corrected chi connectivity index (χ3v) is 6.85. The number of hydrogen-bond acceptors (Lipinski definition) is 4. The lowest BCUT2D eigenvalue weighted by molar-refractivity contribution is 0.0746. The average Bonchev–Trinajstić information content (AvgIpc) is 2.68. The first kappa shape index (κ1) is 20.6. The SMILES string of the molecule is CN(C)S(=O)(=O)c1ccc(Cl)c(C(=O)N2CCN(c3ccc(F)cc3)CC2)c1. The smallest absolute Gasteiger partial charge is 0.255 e. The third kappa shape index (κ3) is 4.14. The van der Waals surface area contributed by atoms with Crippen LogP contribution in [0.15, 0.2) is 47.4 Å². The van der Waals surface area contributed by atoms with Gasteiger partial charge in [-0.05, 0) is 42.5 Å². The van der Waals surface area contributed by atoms with Crippen LogP contribution in [0.4, 0.5) is 10.1 Å². The fourth-order valence-corrected chi connectivity index (χ4v) is 4.16. The molecule has 0 radical (unpaired) electrons. The molecule has 0 unspecified atom stereocenters. The van der Waals surface area contributed by atoms with Gasteiger partial charge in [-0.2, -0.15) is 0 Å². The van der Waals surface area contributed by atoms with Gasteiger partial charge in [-0.1, -0.05) is 11.6 Å². The molecule has 0 bridgehead atoms. The number of piperazine rings is 1. The Labute approximate surface area is 169 Å². The lowest BCUT2D eigenvalue weighted by Gasteiger charge is -2.36. The Morgan fingerprint density at radius 2 is 1.64 bits per heavy atom. The quantitative estimate of drug-likeness (QED) is 0.755. The first-order valence-corrected chi connectivity index (χ1v) is 10.5. The Balaban J connectivity index is 1.76. The molecule has 6 nitrogen and oxygen atoms in total. The summed E-state index contributed by atoms with van der Waals surface area (Å²) in [6.07, 6.45) is 0. The molecule has 28 heavy (non-hydrogen) atoms. The molecular weight excluding hydrogens is 405 g/mol. The summed E-state index contributed by atoms with van der Waals surface area (Å²) in [5.74, 6) is -0.598. The molecule has 0 N–H and O–H groups in total. The number of halogens is 2. The molecule has 0 aromatic heterocycles. The number of carbonyl (C=O) groups excluding carboxylic acids is 1. The third-order valence-electron chi connectivity index (χ3n) is 4.71. The zero-order valence-corrected chi connectivity index (χ0v) is 17.2. The summed E-state index contributed by atoms with van der Waals surface area (Å²) < 4.78 is 38.9. The van der Waals surface area contributed by atoms with E-state index in [0.717, 1.165) is 9.99 Å². The van der Waals surface area contributed by atoms with Crippen LogP contribution in [0, 0.1) is 5.82 Å². The van der Waals surface area contributed by atoms with E-state index < -0.39 is 10.0 Å². The van der Waals surface area contributed by atoms with Crippen LogP contribution in [0.1, 0.15) is 10.4 Å². The molecule has 0 spiro atoms. The summed E-state index contributed by atoms with van der Waals surface area (Å²) in [6.45, 7) is 2.09. The van der Waals surface area contributed by atoms with Gasteiger partial charge in [0.15, 0.2) is 0 Å². The minimum Gasteiger partial charge on any atom is -0.368 e. The van der Waals surface area contributed by atoms with Crippen LogP contribution in [0.3, 0.4) is 0 Å². The van der Waals surface area contributed by atoms with Crippen molar-refractivity contribution >= 4 is 33.2 Å².